The number of carbonyl (C=O) groups is 1. The lowest BCUT2D eigenvalue weighted by atomic mass is 10.1. The quantitative estimate of drug-likeness (QED) is 0.678. The Morgan fingerprint density at radius 2 is 2.12 bits per heavy atom. The van der Waals surface area contributed by atoms with Crippen LogP contribution in [0.1, 0.15) is 27.0 Å². The second kappa shape index (κ2) is 4.90. The SMILES string of the molecule is CCc1ccc(C(=O)c2cccc(Cl)c2N)s1. The molecule has 0 saturated heterocycles. The van der Waals surface area contributed by atoms with Crippen LogP contribution in [-0.2, 0) is 6.42 Å². The number of benzene rings is 1. The fraction of sp³-hybridized carbons (Fsp3) is 0.154. The summed E-state index contributed by atoms with van der Waals surface area (Å²) in [5.41, 5.74) is 6.64. The molecule has 0 saturated carbocycles. The second-order valence-corrected chi connectivity index (χ2v) is 5.23. The molecular weight excluding hydrogens is 254 g/mol. The number of hydrogen-bond acceptors (Lipinski definition) is 3. The van der Waals surface area contributed by atoms with Crippen LogP contribution in [0, 0.1) is 0 Å². The maximum Gasteiger partial charge on any atom is 0.205 e. The Hall–Kier alpha value is -1.32. The molecule has 2 aromatic rings. The third kappa shape index (κ3) is 2.35. The number of nitrogen functional groups attached to an aromatic ring is 1. The van der Waals surface area contributed by atoms with Gasteiger partial charge in [0.25, 0.3) is 0 Å². The Morgan fingerprint density at radius 3 is 2.76 bits per heavy atom. The fourth-order valence-electron chi connectivity index (χ4n) is 1.56. The van der Waals surface area contributed by atoms with Gasteiger partial charge in [0.05, 0.1) is 15.6 Å². The Balaban J connectivity index is 2.40. The molecular formula is C13H12ClNOS. The molecule has 0 spiro atoms. The third-order valence-electron chi connectivity index (χ3n) is 2.53. The van der Waals surface area contributed by atoms with E-state index in [9.17, 15) is 4.79 Å². The summed E-state index contributed by atoms with van der Waals surface area (Å²) < 4.78 is 0. The van der Waals surface area contributed by atoms with Crippen LogP contribution in [0.25, 0.3) is 0 Å². The highest BCUT2D eigenvalue weighted by molar-refractivity contribution is 7.14. The maximum absolute atomic E-state index is 12.2. The van der Waals surface area contributed by atoms with Gasteiger partial charge in [0.1, 0.15) is 0 Å². The molecule has 0 amide bonds. The molecule has 0 unspecified atom stereocenters. The first-order valence-electron chi connectivity index (χ1n) is 5.31. The minimum absolute atomic E-state index is 0.0605. The molecule has 0 atom stereocenters. The van der Waals surface area contributed by atoms with Crippen molar-refractivity contribution in [1.82, 2.24) is 0 Å². The lowest BCUT2D eigenvalue weighted by molar-refractivity contribution is 0.104. The first-order valence-corrected chi connectivity index (χ1v) is 6.50. The summed E-state index contributed by atoms with van der Waals surface area (Å²) in [5.74, 6) is -0.0605. The number of ketones is 1. The van der Waals surface area contributed by atoms with E-state index < -0.39 is 0 Å². The van der Waals surface area contributed by atoms with Gasteiger partial charge in [0, 0.05) is 10.4 Å². The van der Waals surface area contributed by atoms with Gasteiger partial charge in [0.15, 0.2) is 0 Å². The fourth-order valence-corrected chi connectivity index (χ4v) is 2.63. The molecule has 17 heavy (non-hydrogen) atoms. The average molecular weight is 266 g/mol. The number of hydrogen-bond donors (Lipinski definition) is 1. The van der Waals surface area contributed by atoms with Crippen LogP contribution in [0.5, 0.6) is 0 Å². The van der Waals surface area contributed by atoms with Gasteiger partial charge < -0.3 is 5.73 Å². The van der Waals surface area contributed by atoms with Crippen molar-refractivity contribution in [3.05, 3.63) is 50.7 Å². The second-order valence-electron chi connectivity index (χ2n) is 3.65. The Labute approximate surface area is 109 Å². The molecule has 1 aromatic carbocycles. The van der Waals surface area contributed by atoms with Gasteiger partial charge in [-0.2, -0.15) is 0 Å². The number of thiophene rings is 1. The van der Waals surface area contributed by atoms with Gasteiger partial charge in [0.2, 0.25) is 5.78 Å². The van der Waals surface area contributed by atoms with E-state index in [1.54, 1.807) is 18.2 Å². The summed E-state index contributed by atoms with van der Waals surface area (Å²) in [6.45, 7) is 2.06. The van der Waals surface area contributed by atoms with Crippen molar-refractivity contribution in [2.24, 2.45) is 0 Å². The predicted molar refractivity (Wildman–Crippen MR) is 73.0 cm³/mol. The van der Waals surface area contributed by atoms with E-state index in [4.69, 9.17) is 17.3 Å². The van der Waals surface area contributed by atoms with E-state index in [2.05, 4.69) is 6.92 Å². The maximum atomic E-state index is 12.2. The summed E-state index contributed by atoms with van der Waals surface area (Å²) in [6, 6.07) is 8.93. The molecule has 0 aliphatic carbocycles. The summed E-state index contributed by atoms with van der Waals surface area (Å²) in [4.78, 5) is 14.1. The number of anilines is 1. The standard InChI is InChI=1S/C13H12ClNOS/c1-2-8-6-7-11(17-8)13(16)9-4-3-5-10(14)12(9)15/h3-7H,2,15H2,1H3. The molecule has 1 aromatic heterocycles. The van der Waals surface area contributed by atoms with E-state index in [-0.39, 0.29) is 5.78 Å². The van der Waals surface area contributed by atoms with E-state index in [0.717, 1.165) is 6.42 Å². The van der Waals surface area contributed by atoms with Crippen LogP contribution >= 0.6 is 22.9 Å². The van der Waals surface area contributed by atoms with Crippen molar-refractivity contribution in [1.29, 1.82) is 0 Å². The van der Waals surface area contributed by atoms with Gasteiger partial charge >= 0.3 is 0 Å². The highest BCUT2D eigenvalue weighted by Crippen LogP contribution is 2.27. The number of rotatable bonds is 3. The van der Waals surface area contributed by atoms with Crippen LogP contribution in [0.2, 0.25) is 5.02 Å². The van der Waals surface area contributed by atoms with E-state index in [1.807, 2.05) is 12.1 Å². The normalized spacial score (nSPS) is 10.5. The van der Waals surface area contributed by atoms with Crippen molar-refractivity contribution >= 4 is 34.4 Å². The minimum atomic E-state index is -0.0605. The summed E-state index contributed by atoms with van der Waals surface area (Å²) >= 11 is 7.41. The molecule has 88 valence electrons. The van der Waals surface area contributed by atoms with Crippen molar-refractivity contribution < 1.29 is 4.79 Å². The summed E-state index contributed by atoms with van der Waals surface area (Å²) in [5, 5.41) is 0.420. The molecule has 0 aliphatic rings. The summed E-state index contributed by atoms with van der Waals surface area (Å²) in [7, 11) is 0. The molecule has 0 bridgehead atoms. The minimum Gasteiger partial charge on any atom is -0.397 e. The third-order valence-corrected chi connectivity index (χ3v) is 4.09. The van der Waals surface area contributed by atoms with Crippen LogP contribution < -0.4 is 5.73 Å². The average Bonchev–Trinajstić information content (AvgIpc) is 2.80. The lowest BCUT2D eigenvalue weighted by Crippen LogP contribution is -2.03. The number of carbonyl (C=O) groups excluding carboxylic acids is 1. The van der Waals surface area contributed by atoms with Crippen molar-refractivity contribution in [3.63, 3.8) is 0 Å². The van der Waals surface area contributed by atoms with Crippen LogP contribution in [0.15, 0.2) is 30.3 Å². The number of aryl methyl sites for hydroxylation is 1. The van der Waals surface area contributed by atoms with Crippen molar-refractivity contribution in [3.8, 4) is 0 Å². The van der Waals surface area contributed by atoms with E-state index in [1.165, 1.54) is 16.2 Å². The number of nitrogens with two attached hydrogens (primary N) is 1. The molecule has 2 N–H and O–H groups in total. The van der Waals surface area contributed by atoms with E-state index in [0.29, 0.717) is 21.2 Å². The molecule has 2 rings (SSSR count). The topological polar surface area (TPSA) is 43.1 Å². The first-order chi connectivity index (χ1) is 8.13. The zero-order chi connectivity index (χ0) is 12.4. The van der Waals surface area contributed by atoms with E-state index >= 15 is 0 Å². The zero-order valence-corrected chi connectivity index (χ0v) is 10.9. The van der Waals surface area contributed by atoms with Crippen LogP contribution in [0.3, 0.4) is 0 Å². The Kier molecular flexibility index (Phi) is 3.50. The highest BCUT2D eigenvalue weighted by atomic mass is 35.5. The molecule has 0 fully saturated rings. The molecule has 4 heteroatoms. The molecule has 2 nitrogen and oxygen atoms in total. The van der Waals surface area contributed by atoms with Crippen LogP contribution in [0.4, 0.5) is 5.69 Å². The van der Waals surface area contributed by atoms with Gasteiger partial charge in [-0.25, -0.2) is 0 Å². The highest BCUT2D eigenvalue weighted by Gasteiger charge is 2.15. The molecule has 0 radical (unpaired) electrons. The number of halogens is 1. The summed E-state index contributed by atoms with van der Waals surface area (Å²) in [6.07, 6.45) is 0.934. The van der Waals surface area contributed by atoms with Gasteiger partial charge in [-0.1, -0.05) is 24.6 Å². The zero-order valence-electron chi connectivity index (χ0n) is 9.37. The van der Waals surface area contributed by atoms with Gasteiger partial charge in [-0.05, 0) is 30.7 Å². The van der Waals surface area contributed by atoms with Crippen LogP contribution in [-0.4, -0.2) is 5.78 Å². The Morgan fingerprint density at radius 1 is 1.35 bits per heavy atom. The monoisotopic (exact) mass is 265 g/mol. The van der Waals surface area contributed by atoms with Gasteiger partial charge in [-0.15, -0.1) is 11.3 Å². The van der Waals surface area contributed by atoms with Gasteiger partial charge in [-0.3, -0.25) is 4.79 Å². The number of para-hydroxylation sites is 1. The first kappa shape index (κ1) is 12.1. The lowest BCUT2D eigenvalue weighted by Gasteiger charge is -2.04. The molecule has 1 heterocycles. The smallest absolute Gasteiger partial charge is 0.205 e. The predicted octanol–water partition coefficient (Wildman–Crippen LogP) is 3.78. The van der Waals surface area contributed by atoms with Crippen molar-refractivity contribution in [2.75, 3.05) is 5.73 Å². The molecule has 0 aliphatic heterocycles. The van der Waals surface area contributed by atoms with Crippen molar-refractivity contribution in [2.45, 2.75) is 13.3 Å². The Bertz CT molecular complexity index is 562. The largest absolute Gasteiger partial charge is 0.397 e.